The van der Waals surface area contributed by atoms with Gasteiger partial charge in [-0.05, 0) is 5.56 Å². The summed E-state index contributed by atoms with van der Waals surface area (Å²) in [5, 5.41) is 13.4. The number of amides is 1. The second kappa shape index (κ2) is 18.7. The van der Waals surface area contributed by atoms with Crippen molar-refractivity contribution in [1.82, 2.24) is 24.9 Å². The van der Waals surface area contributed by atoms with Gasteiger partial charge >= 0.3 is 32.5 Å². The summed E-state index contributed by atoms with van der Waals surface area (Å²) >= 11 is 0. The van der Waals surface area contributed by atoms with E-state index >= 15 is 0 Å². The van der Waals surface area contributed by atoms with Gasteiger partial charge in [0.1, 0.15) is 6.61 Å². The smallest absolute Gasteiger partial charge is 0.443 e. The van der Waals surface area contributed by atoms with Gasteiger partial charge in [-0.1, -0.05) is 30.3 Å². The van der Waals surface area contributed by atoms with Crippen LogP contribution in [0.4, 0.5) is 4.79 Å². The Morgan fingerprint density at radius 2 is 1.39 bits per heavy atom. The monoisotopic (exact) mass is 672 g/mol. The molecule has 1 aromatic carbocycles. The fourth-order valence-electron chi connectivity index (χ4n) is 5.05. The van der Waals surface area contributed by atoms with Gasteiger partial charge in [0.05, 0.1) is 46.6 Å². The summed E-state index contributed by atoms with van der Waals surface area (Å²) in [7, 11) is 0.431. The van der Waals surface area contributed by atoms with E-state index in [4.69, 9.17) is 32.5 Å². The molecule has 1 atom stereocenters. The molecule has 46 heavy (non-hydrogen) atoms. The Labute approximate surface area is 270 Å². The fourth-order valence-corrected chi connectivity index (χ4v) is 6.85. The van der Waals surface area contributed by atoms with Crippen LogP contribution < -0.4 is 5.32 Å². The molecule has 4 aliphatic heterocycles. The average Bonchev–Trinajstić information content (AvgIpc) is 3.01. The Hall–Kier alpha value is -2.50. The number of carbonyl (C=O) groups excluding carboxylic acids is 3. The molecular weight excluding hydrogens is 625 g/mol. The molecule has 4 aliphatic rings. The minimum atomic E-state index is -2.29. The van der Waals surface area contributed by atoms with Crippen molar-refractivity contribution in [3.8, 4) is 0 Å². The standard InChI is InChI=1S/C29H46N5O11P/c1-39-26(36)20-32-10-8-31(19-25(35)18-30-28(38)42-17-16-41-22-24-6-4-3-5-7-24)9-11-33(21-27(37)40-2)13-15-34(14-12-32)23-46-43-29(44-46)45-46/h3-7,25,29,35H,8-23H2,1-2H3/p+1. The number of β-amino-alcohol motifs (C(OH)–C–C–N with tert-alkyl or cyclic N) is 1. The fraction of sp³-hybridized carbons (Fsp3) is 0.690. The van der Waals surface area contributed by atoms with E-state index in [0.29, 0.717) is 65.3 Å². The van der Waals surface area contributed by atoms with Crippen LogP contribution in [-0.4, -0.2) is 168 Å². The van der Waals surface area contributed by atoms with Crippen LogP contribution in [0.2, 0.25) is 0 Å². The van der Waals surface area contributed by atoms with Crippen LogP contribution in [0.5, 0.6) is 0 Å². The van der Waals surface area contributed by atoms with Gasteiger partial charge in [-0.15, -0.1) is 13.6 Å². The molecule has 1 unspecified atom stereocenters. The number of hydrogen-bond donors (Lipinski definition) is 2. The zero-order valence-corrected chi connectivity index (χ0v) is 27.5. The molecule has 16 nitrogen and oxygen atoms in total. The van der Waals surface area contributed by atoms with Crippen molar-refractivity contribution >= 4 is 26.0 Å². The van der Waals surface area contributed by atoms with E-state index in [1.807, 2.05) is 45.0 Å². The van der Waals surface area contributed by atoms with Gasteiger partial charge in [-0.2, -0.15) is 0 Å². The number of nitrogens with zero attached hydrogens (tertiary/aromatic N) is 4. The van der Waals surface area contributed by atoms with Gasteiger partial charge in [0, 0.05) is 65.4 Å². The highest BCUT2D eigenvalue weighted by Crippen LogP contribution is 2.83. The van der Waals surface area contributed by atoms with Gasteiger partial charge in [-0.25, -0.2) is 4.79 Å². The zero-order valence-electron chi connectivity index (χ0n) is 26.6. The third-order valence-electron chi connectivity index (χ3n) is 7.73. The van der Waals surface area contributed by atoms with Crippen molar-refractivity contribution in [3.63, 3.8) is 0 Å². The molecule has 0 aromatic heterocycles. The number of rotatable bonds is 15. The summed E-state index contributed by atoms with van der Waals surface area (Å²) in [4.78, 5) is 44.8. The Bertz CT molecular complexity index is 1060. The molecule has 0 saturated carbocycles. The Balaban J connectivity index is 1.26. The topological polar surface area (TPSA) is 161 Å². The second-order valence-corrected chi connectivity index (χ2v) is 13.3. The van der Waals surface area contributed by atoms with Crippen molar-refractivity contribution in [2.75, 3.05) is 112 Å². The molecule has 0 aliphatic carbocycles. The Morgan fingerprint density at radius 1 is 0.848 bits per heavy atom. The molecule has 2 bridgehead atoms. The first kappa shape index (κ1) is 36.3. The summed E-state index contributed by atoms with van der Waals surface area (Å²) in [5.41, 5.74) is 1.03. The normalized spacial score (nSPS) is 23.9. The largest absolute Gasteiger partial charge is 0.468 e. The van der Waals surface area contributed by atoms with E-state index in [1.165, 1.54) is 14.2 Å². The predicted octanol–water partition coefficient (Wildman–Crippen LogP) is -0.0614. The number of nitrogens with one attached hydrogen (secondary N) is 1. The van der Waals surface area contributed by atoms with Gasteiger partial charge < -0.3 is 29.4 Å². The maximum atomic E-state index is 12.2. The van der Waals surface area contributed by atoms with E-state index in [0.717, 1.165) is 5.56 Å². The third kappa shape index (κ3) is 12.3. The van der Waals surface area contributed by atoms with E-state index in [1.54, 1.807) is 0 Å². The molecule has 4 heterocycles. The van der Waals surface area contributed by atoms with Gasteiger partial charge in [-0.3, -0.25) is 29.2 Å². The molecule has 1 amide bonds. The number of aliphatic hydroxyl groups is 1. The van der Waals surface area contributed by atoms with Crippen LogP contribution in [0.3, 0.4) is 0 Å². The van der Waals surface area contributed by atoms with Crippen molar-refractivity contribution in [2.45, 2.75) is 19.2 Å². The van der Waals surface area contributed by atoms with Gasteiger partial charge in [0.25, 0.3) is 0 Å². The highest BCUT2D eigenvalue weighted by Gasteiger charge is 2.78. The van der Waals surface area contributed by atoms with Crippen molar-refractivity contribution in [3.05, 3.63) is 35.9 Å². The number of methoxy groups -OCH3 is 2. The molecule has 1 aromatic rings. The van der Waals surface area contributed by atoms with E-state index < -0.39 is 26.6 Å². The molecule has 0 radical (unpaired) electrons. The lowest BCUT2D eigenvalue weighted by Crippen LogP contribution is -2.53. The van der Waals surface area contributed by atoms with E-state index in [2.05, 4.69) is 10.2 Å². The lowest BCUT2D eigenvalue weighted by Gasteiger charge is -2.45. The third-order valence-corrected chi connectivity index (χ3v) is 9.95. The summed E-state index contributed by atoms with van der Waals surface area (Å²) in [6.45, 7) is 5.13. The van der Waals surface area contributed by atoms with Crippen molar-refractivity contribution in [1.29, 1.82) is 0 Å². The molecule has 17 heteroatoms. The number of alkyl carbamates (subject to hydrolysis) is 1. The number of carbonyl (C=O) groups is 3. The number of hydrogen-bond acceptors (Lipinski definition) is 15. The maximum Gasteiger partial charge on any atom is 0.443 e. The predicted molar refractivity (Wildman–Crippen MR) is 165 cm³/mol. The molecule has 258 valence electrons. The lowest BCUT2D eigenvalue weighted by atomic mass is 10.2. The van der Waals surface area contributed by atoms with E-state index in [-0.39, 0.29) is 51.3 Å². The van der Waals surface area contributed by atoms with Crippen LogP contribution >= 0.6 is 7.94 Å². The average molecular weight is 673 g/mol. The number of aliphatic hydroxyl groups excluding tert-OH is 1. The van der Waals surface area contributed by atoms with Crippen LogP contribution in [0.25, 0.3) is 0 Å². The SMILES string of the molecule is COC(=O)CN1CCN(CC(O)CNC(=O)OCCOCc2ccccc2)CCN(CC(=O)OC)CCN(C[P+]23OC(O2)O3)CC1. The summed E-state index contributed by atoms with van der Waals surface area (Å²) in [6.07, 6.45) is -1.03. The quantitative estimate of drug-likeness (QED) is 0.110. The number of benzene rings is 1. The van der Waals surface area contributed by atoms with Crippen LogP contribution in [0.1, 0.15) is 5.56 Å². The highest BCUT2D eigenvalue weighted by atomic mass is 31.2. The zero-order chi connectivity index (χ0) is 32.8. The van der Waals surface area contributed by atoms with Gasteiger partial charge in [0.2, 0.25) is 0 Å². The highest BCUT2D eigenvalue weighted by molar-refractivity contribution is 7.64. The second-order valence-electron chi connectivity index (χ2n) is 11.2. The summed E-state index contributed by atoms with van der Waals surface area (Å²) in [5.74, 6) is -0.686. The molecular formula is C29H47N5O11P+. The molecule has 4 fully saturated rings. The van der Waals surface area contributed by atoms with Crippen LogP contribution in [0.15, 0.2) is 30.3 Å². The Kier molecular flexibility index (Phi) is 14.8. The molecule has 0 spiro atoms. The first-order valence-electron chi connectivity index (χ1n) is 15.4. The maximum absolute atomic E-state index is 12.2. The first-order valence-corrected chi connectivity index (χ1v) is 17.2. The van der Waals surface area contributed by atoms with Crippen molar-refractivity contribution < 1.29 is 52.0 Å². The van der Waals surface area contributed by atoms with E-state index in [9.17, 15) is 19.5 Å². The van der Waals surface area contributed by atoms with Crippen molar-refractivity contribution in [2.24, 2.45) is 0 Å². The Morgan fingerprint density at radius 3 is 1.91 bits per heavy atom. The van der Waals surface area contributed by atoms with Gasteiger partial charge in [0.15, 0.2) is 6.29 Å². The summed E-state index contributed by atoms with van der Waals surface area (Å²) < 4.78 is 37.4. The minimum absolute atomic E-state index is 0.00908. The van der Waals surface area contributed by atoms with Crippen LogP contribution in [0, 0.1) is 0 Å². The number of ether oxygens (including phenoxy) is 4. The number of esters is 2. The first-order chi connectivity index (χ1) is 22.3. The molecule has 2 N–H and O–H groups in total. The lowest BCUT2D eigenvalue weighted by molar-refractivity contribution is -0.331. The summed E-state index contributed by atoms with van der Waals surface area (Å²) in [6, 6.07) is 9.70. The van der Waals surface area contributed by atoms with Crippen LogP contribution in [-0.2, 0) is 48.7 Å². The minimum Gasteiger partial charge on any atom is -0.468 e. The molecule has 4 saturated heterocycles. The molecule has 5 rings (SSSR count).